The minimum absolute atomic E-state index is 0.150. The number of para-hydroxylation sites is 1. The summed E-state index contributed by atoms with van der Waals surface area (Å²) >= 11 is 0. The van der Waals surface area contributed by atoms with E-state index < -0.39 is 17.3 Å². The monoisotopic (exact) mass is 246 g/mol. The van der Waals surface area contributed by atoms with Gasteiger partial charge in [0, 0.05) is 17.8 Å². The number of hydrogen-bond donors (Lipinski definition) is 3. The fourth-order valence-corrected chi connectivity index (χ4v) is 2.13. The number of benzene rings is 1. The number of halogens is 3. The van der Waals surface area contributed by atoms with Gasteiger partial charge >= 0.3 is 6.18 Å². The summed E-state index contributed by atoms with van der Waals surface area (Å²) in [6.45, 7) is 0.782. The Morgan fingerprint density at radius 3 is 2.59 bits per heavy atom. The molecule has 1 aromatic carbocycles. The van der Waals surface area contributed by atoms with E-state index in [9.17, 15) is 18.3 Å². The number of nitrogens with two attached hydrogens (primary N) is 1. The van der Waals surface area contributed by atoms with Gasteiger partial charge in [-0.15, -0.1) is 0 Å². The summed E-state index contributed by atoms with van der Waals surface area (Å²) in [4.78, 5) is 0. The molecule has 0 radical (unpaired) electrons. The summed E-state index contributed by atoms with van der Waals surface area (Å²) in [5.74, 6) is 0. The van der Waals surface area contributed by atoms with Crippen LogP contribution >= 0.6 is 0 Å². The quantitative estimate of drug-likeness (QED) is 0.658. The topological polar surface area (TPSA) is 58.3 Å². The van der Waals surface area contributed by atoms with Crippen LogP contribution in [0.25, 0.3) is 0 Å². The minimum atomic E-state index is -4.50. The Labute approximate surface area is 96.4 Å². The molecule has 0 spiro atoms. The Balaban J connectivity index is 2.49. The molecule has 0 aromatic heterocycles. The highest BCUT2D eigenvalue weighted by molar-refractivity contribution is 5.57. The molecule has 1 aliphatic rings. The summed E-state index contributed by atoms with van der Waals surface area (Å²) in [5, 5.41) is 13.1. The van der Waals surface area contributed by atoms with Crippen molar-refractivity contribution in [1.82, 2.24) is 5.32 Å². The summed E-state index contributed by atoms with van der Waals surface area (Å²) in [6, 6.07) is 3.63. The van der Waals surface area contributed by atoms with E-state index in [-0.39, 0.29) is 17.8 Å². The second-order valence-electron chi connectivity index (χ2n) is 4.22. The average Bonchev–Trinajstić information content (AvgIpc) is 2.64. The van der Waals surface area contributed by atoms with Gasteiger partial charge in [0.05, 0.1) is 5.56 Å². The lowest BCUT2D eigenvalue weighted by molar-refractivity contribution is -0.137. The number of nitrogens with one attached hydrogen (secondary N) is 1. The maximum absolute atomic E-state index is 12.7. The number of hydrogen-bond acceptors (Lipinski definition) is 3. The Morgan fingerprint density at radius 2 is 2.06 bits per heavy atom. The van der Waals surface area contributed by atoms with Crippen molar-refractivity contribution in [2.24, 2.45) is 0 Å². The van der Waals surface area contributed by atoms with E-state index in [2.05, 4.69) is 5.32 Å². The van der Waals surface area contributed by atoms with Crippen molar-refractivity contribution in [2.75, 3.05) is 18.8 Å². The third-order valence-electron chi connectivity index (χ3n) is 3.05. The first kappa shape index (κ1) is 12.2. The van der Waals surface area contributed by atoms with Gasteiger partial charge in [0.15, 0.2) is 0 Å². The third kappa shape index (κ3) is 2.10. The lowest BCUT2D eigenvalue weighted by Crippen LogP contribution is -2.30. The van der Waals surface area contributed by atoms with Crippen LogP contribution in [0.4, 0.5) is 18.9 Å². The van der Waals surface area contributed by atoms with Crippen molar-refractivity contribution in [2.45, 2.75) is 18.2 Å². The van der Waals surface area contributed by atoms with E-state index in [1.165, 1.54) is 12.1 Å². The van der Waals surface area contributed by atoms with Crippen molar-refractivity contribution in [3.63, 3.8) is 0 Å². The molecule has 4 N–H and O–H groups in total. The van der Waals surface area contributed by atoms with Crippen LogP contribution in [-0.2, 0) is 11.8 Å². The fourth-order valence-electron chi connectivity index (χ4n) is 2.13. The van der Waals surface area contributed by atoms with Crippen LogP contribution < -0.4 is 11.1 Å². The van der Waals surface area contributed by atoms with E-state index in [1.807, 2.05) is 0 Å². The first-order valence-electron chi connectivity index (χ1n) is 5.24. The Bertz CT molecular complexity index is 425. The molecule has 0 amide bonds. The lowest BCUT2D eigenvalue weighted by Gasteiger charge is -2.25. The van der Waals surface area contributed by atoms with Crippen LogP contribution in [0, 0.1) is 0 Å². The van der Waals surface area contributed by atoms with Crippen molar-refractivity contribution in [3.05, 3.63) is 29.3 Å². The van der Waals surface area contributed by atoms with Gasteiger partial charge in [0.1, 0.15) is 5.60 Å². The Morgan fingerprint density at radius 1 is 1.35 bits per heavy atom. The highest BCUT2D eigenvalue weighted by Gasteiger charge is 2.39. The van der Waals surface area contributed by atoms with E-state index in [0.717, 1.165) is 6.07 Å². The molecule has 1 aromatic rings. The van der Waals surface area contributed by atoms with Crippen molar-refractivity contribution in [1.29, 1.82) is 0 Å². The van der Waals surface area contributed by atoms with Gasteiger partial charge in [0.25, 0.3) is 0 Å². The first-order chi connectivity index (χ1) is 7.84. The lowest BCUT2D eigenvalue weighted by atomic mass is 9.90. The predicted molar refractivity (Wildman–Crippen MR) is 57.2 cm³/mol. The summed E-state index contributed by atoms with van der Waals surface area (Å²) in [6.07, 6.45) is -4.14. The molecule has 3 nitrogen and oxygen atoms in total. The maximum Gasteiger partial charge on any atom is 0.418 e. The molecule has 0 aliphatic carbocycles. The van der Waals surface area contributed by atoms with Crippen molar-refractivity contribution >= 4 is 5.69 Å². The van der Waals surface area contributed by atoms with Gasteiger partial charge in [-0.25, -0.2) is 0 Å². The maximum atomic E-state index is 12.7. The van der Waals surface area contributed by atoms with Crippen LogP contribution in [-0.4, -0.2) is 18.2 Å². The molecular weight excluding hydrogens is 233 g/mol. The molecule has 2 rings (SSSR count). The number of rotatable bonds is 1. The molecular formula is C11H13F3N2O. The summed E-state index contributed by atoms with van der Waals surface area (Å²) in [5.41, 5.74) is 3.10. The molecule has 94 valence electrons. The number of nitrogen functional groups attached to an aromatic ring is 1. The molecule has 0 bridgehead atoms. The van der Waals surface area contributed by atoms with Crippen LogP contribution in [0.5, 0.6) is 0 Å². The Hall–Kier alpha value is -1.27. The molecule has 1 saturated heterocycles. The number of anilines is 1. The first-order valence-corrected chi connectivity index (χ1v) is 5.24. The number of aliphatic hydroxyl groups is 1. The molecule has 1 fully saturated rings. The normalized spacial score (nSPS) is 25.2. The number of alkyl halides is 3. The zero-order chi connectivity index (χ0) is 12.7. The highest BCUT2D eigenvalue weighted by Crippen LogP contribution is 2.39. The molecule has 1 atom stereocenters. The molecule has 6 heteroatoms. The van der Waals surface area contributed by atoms with Crippen molar-refractivity contribution < 1.29 is 18.3 Å². The zero-order valence-electron chi connectivity index (χ0n) is 9.01. The molecule has 1 aliphatic heterocycles. The second kappa shape index (κ2) is 3.89. The summed E-state index contributed by atoms with van der Waals surface area (Å²) in [7, 11) is 0. The van der Waals surface area contributed by atoms with Crippen LogP contribution in [0.1, 0.15) is 17.5 Å². The van der Waals surface area contributed by atoms with Crippen molar-refractivity contribution in [3.8, 4) is 0 Å². The zero-order valence-corrected chi connectivity index (χ0v) is 9.01. The minimum Gasteiger partial charge on any atom is -0.398 e. The van der Waals surface area contributed by atoms with Gasteiger partial charge in [-0.1, -0.05) is 12.1 Å². The van der Waals surface area contributed by atoms with Gasteiger partial charge < -0.3 is 16.2 Å². The van der Waals surface area contributed by atoms with Gasteiger partial charge in [0.2, 0.25) is 0 Å². The van der Waals surface area contributed by atoms with E-state index in [4.69, 9.17) is 5.73 Å². The largest absolute Gasteiger partial charge is 0.418 e. The third-order valence-corrected chi connectivity index (χ3v) is 3.05. The average molecular weight is 246 g/mol. The summed E-state index contributed by atoms with van der Waals surface area (Å²) < 4.78 is 38.0. The van der Waals surface area contributed by atoms with Crippen LogP contribution in [0.3, 0.4) is 0 Å². The van der Waals surface area contributed by atoms with E-state index in [0.29, 0.717) is 13.0 Å². The number of β-amino-alcohol motifs (C(OH)–C–C–N with tert-alkyl or cyclic N) is 1. The standard InChI is InChI=1S/C11H13F3N2O/c12-11(13,14)8-3-1-2-7(9(8)15)10(17)4-5-16-6-10/h1-3,16-17H,4-6,15H2. The fraction of sp³-hybridized carbons (Fsp3) is 0.455. The highest BCUT2D eigenvalue weighted by atomic mass is 19.4. The van der Waals surface area contributed by atoms with E-state index in [1.54, 1.807) is 0 Å². The van der Waals surface area contributed by atoms with Gasteiger partial charge in [-0.3, -0.25) is 0 Å². The smallest absolute Gasteiger partial charge is 0.398 e. The van der Waals surface area contributed by atoms with E-state index >= 15 is 0 Å². The second-order valence-corrected chi connectivity index (χ2v) is 4.22. The predicted octanol–water partition coefficient (Wildman–Crippen LogP) is 1.47. The van der Waals surface area contributed by atoms with Crippen LogP contribution in [0.15, 0.2) is 18.2 Å². The van der Waals surface area contributed by atoms with Crippen LogP contribution in [0.2, 0.25) is 0 Å². The van der Waals surface area contributed by atoms with Gasteiger partial charge in [-0.05, 0) is 19.0 Å². The SMILES string of the molecule is Nc1c(C(F)(F)F)cccc1C1(O)CCNC1. The molecule has 0 saturated carbocycles. The molecule has 17 heavy (non-hydrogen) atoms. The Kier molecular flexibility index (Phi) is 2.79. The molecule has 1 unspecified atom stereocenters. The molecule has 1 heterocycles. The van der Waals surface area contributed by atoms with Gasteiger partial charge in [-0.2, -0.15) is 13.2 Å².